The lowest BCUT2D eigenvalue weighted by Crippen LogP contribution is -2.50. The number of carbonyl (C=O) groups excluding carboxylic acids is 1. The first-order chi connectivity index (χ1) is 9.34. The Labute approximate surface area is 134 Å². The van der Waals surface area contributed by atoms with Crippen molar-refractivity contribution >= 4 is 40.3 Å². The molecule has 8 heteroatoms. The van der Waals surface area contributed by atoms with Crippen LogP contribution in [0.25, 0.3) is 0 Å². The molecule has 0 aromatic heterocycles. The van der Waals surface area contributed by atoms with Crippen LogP contribution in [0.2, 0.25) is 0 Å². The molecule has 0 saturated carbocycles. The van der Waals surface area contributed by atoms with Crippen LogP contribution in [-0.4, -0.2) is 38.9 Å². The standard InChI is InChI=1S/C12H26O5S2Si/c1-5-12(18,19)10-9-11(13)17-20(14-6-2,15-7-3)16-8-4/h18-19H,5-10H2,1-4H3. The number of thiol groups is 2. The number of carbonyl (C=O) groups is 1. The van der Waals surface area contributed by atoms with Crippen LogP contribution in [0.15, 0.2) is 0 Å². The number of hydrogen-bond donors (Lipinski definition) is 2. The molecule has 0 N–H and O–H groups in total. The largest absolute Gasteiger partial charge is 0.751 e. The van der Waals surface area contributed by atoms with Crippen LogP contribution in [0.1, 0.15) is 47.0 Å². The van der Waals surface area contributed by atoms with E-state index in [1.807, 2.05) is 6.92 Å². The first kappa shape index (κ1) is 20.3. The molecule has 0 aromatic rings. The van der Waals surface area contributed by atoms with Gasteiger partial charge in [0.1, 0.15) is 0 Å². The van der Waals surface area contributed by atoms with Crippen LogP contribution in [0.5, 0.6) is 0 Å². The maximum atomic E-state index is 12.0. The van der Waals surface area contributed by atoms with Crippen LogP contribution in [0.3, 0.4) is 0 Å². The van der Waals surface area contributed by atoms with Crippen LogP contribution in [0.4, 0.5) is 0 Å². The van der Waals surface area contributed by atoms with Crippen LogP contribution >= 0.6 is 25.3 Å². The van der Waals surface area contributed by atoms with Gasteiger partial charge in [-0.15, -0.1) is 0 Å². The molecule has 0 aliphatic heterocycles. The quantitative estimate of drug-likeness (QED) is 0.343. The van der Waals surface area contributed by atoms with Gasteiger partial charge in [-0.3, -0.25) is 4.79 Å². The topological polar surface area (TPSA) is 54.0 Å². The second-order valence-electron chi connectivity index (χ2n) is 4.11. The molecule has 0 heterocycles. The number of hydrogen-bond acceptors (Lipinski definition) is 7. The molecule has 0 amide bonds. The zero-order chi connectivity index (χ0) is 15.6. The molecule has 5 nitrogen and oxygen atoms in total. The van der Waals surface area contributed by atoms with Gasteiger partial charge in [-0.25, -0.2) is 0 Å². The van der Waals surface area contributed by atoms with E-state index in [-0.39, 0.29) is 6.42 Å². The third-order valence-corrected chi connectivity index (χ3v) is 5.98. The smallest absolute Gasteiger partial charge is 0.452 e. The fraction of sp³-hybridized carbons (Fsp3) is 0.917. The molecule has 0 aromatic carbocycles. The van der Waals surface area contributed by atoms with Gasteiger partial charge in [-0.2, -0.15) is 25.3 Å². The average molecular weight is 343 g/mol. The van der Waals surface area contributed by atoms with Crippen LogP contribution < -0.4 is 0 Å². The van der Waals surface area contributed by atoms with Gasteiger partial charge in [0.25, 0.3) is 5.97 Å². The predicted molar refractivity (Wildman–Crippen MR) is 87.0 cm³/mol. The molecule has 0 unspecified atom stereocenters. The van der Waals surface area contributed by atoms with E-state index in [0.29, 0.717) is 26.2 Å². The summed E-state index contributed by atoms with van der Waals surface area (Å²) in [5.41, 5.74) is 0. The lowest BCUT2D eigenvalue weighted by atomic mass is 10.2. The lowest BCUT2D eigenvalue weighted by Gasteiger charge is -2.26. The van der Waals surface area contributed by atoms with E-state index >= 15 is 0 Å². The zero-order valence-electron chi connectivity index (χ0n) is 12.7. The highest BCUT2D eigenvalue weighted by atomic mass is 32.2. The first-order valence-electron chi connectivity index (χ1n) is 6.93. The minimum absolute atomic E-state index is 0.197. The fourth-order valence-corrected chi connectivity index (χ4v) is 3.51. The van der Waals surface area contributed by atoms with E-state index < -0.39 is 19.1 Å². The normalized spacial score (nSPS) is 12.5. The summed E-state index contributed by atoms with van der Waals surface area (Å²) in [6, 6.07) is 0. The summed E-state index contributed by atoms with van der Waals surface area (Å²) in [5.74, 6) is -0.409. The van der Waals surface area contributed by atoms with Gasteiger partial charge < -0.3 is 17.7 Å². The van der Waals surface area contributed by atoms with Crippen molar-refractivity contribution in [1.82, 2.24) is 0 Å². The van der Waals surface area contributed by atoms with Crippen LogP contribution in [0, 0.1) is 0 Å². The summed E-state index contributed by atoms with van der Waals surface area (Å²) >= 11 is 8.74. The molecule has 120 valence electrons. The average Bonchev–Trinajstić information content (AvgIpc) is 2.37. The summed E-state index contributed by atoms with van der Waals surface area (Å²) in [6.45, 7) is 8.45. The van der Waals surface area contributed by atoms with Crippen molar-refractivity contribution in [3.8, 4) is 0 Å². The van der Waals surface area contributed by atoms with Crippen molar-refractivity contribution in [3.63, 3.8) is 0 Å². The molecule has 0 aliphatic carbocycles. The van der Waals surface area contributed by atoms with E-state index in [0.717, 1.165) is 6.42 Å². The third kappa shape index (κ3) is 7.89. The minimum Gasteiger partial charge on any atom is -0.452 e. The molecule has 0 radical (unpaired) electrons. The molecule has 0 bridgehead atoms. The van der Waals surface area contributed by atoms with Crippen molar-refractivity contribution in [3.05, 3.63) is 0 Å². The first-order valence-corrected chi connectivity index (χ1v) is 9.45. The Hall–Kier alpha value is 0.267. The molecule has 0 rings (SSSR count). The van der Waals surface area contributed by atoms with E-state index in [1.54, 1.807) is 20.8 Å². The molecule has 0 aliphatic rings. The van der Waals surface area contributed by atoms with Crippen molar-refractivity contribution in [2.45, 2.75) is 51.0 Å². The van der Waals surface area contributed by atoms with Gasteiger partial charge in [-0.05, 0) is 33.6 Å². The second kappa shape index (κ2) is 10.1. The van der Waals surface area contributed by atoms with E-state index in [9.17, 15) is 4.79 Å². The Morgan fingerprint density at radius 3 is 1.80 bits per heavy atom. The highest BCUT2D eigenvalue weighted by molar-refractivity contribution is 8.00. The highest BCUT2D eigenvalue weighted by Crippen LogP contribution is 2.29. The van der Waals surface area contributed by atoms with E-state index in [4.69, 9.17) is 17.7 Å². The Bertz CT molecular complexity index is 272. The Balaban J connectivity index is 4.58. The van der Waals surface area contributed by atoms with E-state index in [2.05, 4.69) is 25.3 Å². The summed E-state index contributed by atoms with van der Waals surface area (Å²) in [7, 11) is -3.36. The van der Waals surface area contributed by atoms with Crippen molar-refractivity contribution in [2.75, 3.05) is 19.8 Å². The van der Waals surface area contributed by atoms with Crippen molar-refractivity contribution in [2.24, 2.45) is 0 Å². The second-order valence-corrected chi connectivity index (χ2v) is 8.24. The summed E-state index contributed by atoms with van der Waals surface area (Å²) in [6.07, 6.45) is 1.45. The maximum Gasteiger partial charge on any atom is 0.751 e. The molecule has 0 spiro atoms. The van der Waals surface area contributed by atoms with Gasteiger partial charge in [0.15, 0.2) is 0 Å². The summed E-state index contributed by atoms with van der Waals surface area (Å²) in [4.78, 5) is 12.0. The predicted octanol–water partition coefficient (Wildman–Crippen LogP) is 2.82. The molecular weight excluding hydrogens is 316 g/mol. The monoisotopic (exact) mass is 342 g/mol. The Morgan fingerprint density at radius 1 is 1.00 bits per heavy atom. The fourth-order valence-electron chi connectivity index (χ4n) is 1.41. The van der Waals surface area contributed by atoms with Gasteiger partial charge in [0.05, 0.1) is 4.08 Å². The van der Waals surface area contributed by atoms with E-state index in [1.165, 1.54) is 0 Å². The molecule has 20 heavy (non-hydrogen) atoms. The zero-order valence-corrected chi connectivity index (χ0v) is 15.5. The third-order valence-electron chi connectivity index (χ3n) is 2.50. The van der Waals surface area contributed by atoms with Gasteiger partial charge >= 0.3 is 9.05 Å². The molecule has 0 saturated heterocycles. The lowest BCUT2D eigenvalue weighted by molar-refractivity contribution is -0.144. The minimum atomic E-state index is -3.36. The van der Waals surface area contributed by atoms with Gasteiger partial charge in [0, 0.05) is 26.2 Å². The highest BCUT2D eigenvalue weighted by Gasteiger charge is 2.49. The molecule has 0 atom stereocenters. The van der Waals surface area contributed by atoms with Gasteiger partial charge in [-0.1, -0.05) is 6.92 Å². The molecular formula is C12H26O5S2Si. The Morgan fingerprint density at radius 2 is 1.45 bits per heavy atom. The maximum absolute atomic E-state index is 12.0. The van der Waals surface area contributed by atoms with Gasteiger partial charge in [0.2, 0.25) is 0 Å². The number of rotatable bonds is 11. The Kier molecular flexibility index (Phi) is 10.2. The summed E-state index contributed by atoms with van der Waals surface area (Å²) in [5, 5.41) is 0. The van der Waals surface area contributed by atoms with Crippen molar-refractivity contribution in [1.29, 1.82) is 0 Å². The van der Waals surface area contributed by atoms with Crippen molar-refractivity contribution < 1.29 is 22.5 Å². The summed E-state index contributed by atoms with van der Waals surface area (Å²) < 4.78 is 21.2. The molecule has 0 fully saturated rings. The SMILES string of the molecule is CCO[Si](OCC)(OCC)OC(=O)CCC(S)(S)CC. The van der Waals surface area contributed by atoms with Crippen LogP contribution in [-0.2, 0) is 22.5 Å².